The highest BCUT2D eigenvalue weighted by Crippen LogP contribution is 2.44. The van der Waals surface area contributed by atoms with Crippen LogP contribution in [-0.4, -0.2) is 5.91 Å². The number of benzene rings is 1. The number of carbonyl (C=O) groups excluding carboxylic acids is 1. The lowest BCUT2D eigenvalue weighted by Gasteiger charge is -2.28. The Morgan fingerprint density at radius 1 is 1.27 bits per heavy atom. The first-order chi connectivity index (χ1) is 12.6. The summed E-state index contributed by atoms with van der Waals surface area (Å²) < 4.78 is 0. The maximum Gasteiger partial charge on any atom is 0.235 e. The number of nitrogens with zero attached hydrogens (tertiary/aromatic N) is 1. The van der Waals surface area contributed by atoms with Crippen molar-refractivity contribution < 1.29 is 4.79 Å². The number of thiophene rings is 1. The largest absolute Gasteiger partial charge is 0.316 e. The monoisotopic (exact) mass is 364 g/mol. The molecule has 1 saturated carbocycles. The zero-order chi connectivity index (χ0) is 18.1. The van der Waals surface area contributed by atoms with Crippen molar-refractivity contribution in [1.29, 1.82) is 5.26 Å². The molecule has 0 spiro atoms. The predicted octanol–water partition coefficient (Wildman–Crippen LogP) is 5.20. The van der Waals surface area contributed by atoms with E-state index in [0.29, 0.717) is 11.5 Å². The Hall–Kier alpha value is -2.12. The summed E-state index contributed by atoms with van der Waals surface area (Å²) in [4.78, 5) is 14.7. The maximum absolute atomic E-state index is 13.4. The molecule has 0 aliphatic heterocycles. The molecule has 0 unspecified atom stereocenters. The van der Waals surface area contributed by atoms with E-state index < -0.39 is 5.41 Å². The molecule has 134 valence electrons. The van der Waals surface area contributed by atoms with E-state index in [2.05, 4.69) is 30.4 Å². The van der Waals surface area contributed by atoms with E-state index in [4.69, 9.17) is 0 Å². The molecule has 2 aromatic rings. The highest BCUT2D eigenvalue weighted by atomic mass is 32.1. The van der Waals surface area contributed by atoms with E-state index in [-0.39, 0.29) is 5.91 Å². The highest BCUT2D eigenvalue weighted by Gasteiger charge is 2.43. The van der Waals surface area contributed by atoms with Gasteiger partial charge in [0, 0.05) is 4.88 Å². The van der Waals surface area contributed by atoms with Crippen LogP contribution in [0, 0.1) is 17.2 Å². The smallest absolute Gasteiger partial charge is 0.235 e. The minimum atomic E-state index is -0.453. The van der Waals surface area contributed by atoms with E-state index in [9.17, 15) is 10.1 Å². The average molecular weight is 365 g/mol. The van der Waals surface area contributed by atoms with Gasteiger partial charge in [-0.05, 0) is 49.1 Å². The Morgan fingerprint density at radius 2 is 2.00 bits per heavy atom. The molecule has 2 aliphatic carbocycles. The fraction of sp³-hybridized carbons (Fsp3) is 0.455. The van der Waals surface area contributed by atoms with E-state index in [0.717, 1.165) is 55.5 Å². The van der Waals surface area contributed by atoms with Gasteiger partial charge in [-0.2, -0.15) is 5.26 Å². The summed E-state index contributed by atoms with van der Waals surface area (Å²) in [6, 6.07) is 12.5. The zero-order valence-corrected chi connectivity index (χ0v) is 16.0. The molecular weight excluding hydrogens is 340 g/mol. The van der Waals surface area contributed by atoms with Crippen LogP contribution < -0.4 is 5.32 Å². The molecule has 2 aliphatic rings. The number of carbonyl (C=O) groups is 1. The molecule has 1 amide bonds. The van der Waals surface area contributed by atoms with Gasteiger partial charge in [0.15, 0.2) is 0 Å². The quantitative estimate of drug-likeness (QED) is 0.814. The fourth-order valence-electron chi connectivity index (χ4n) is 4.56. The summed E-state index contributed by atoms with van der Waals surface area (Å²) in [6.45, 7) is 2.26. The fourth-order valence-corrected chi connectivity index (χ4v) is 5.92. The predicted molar refractivity (Wildman–Crippen MR) is 105 cm³/mol. The van der Waals surface area contributed by atoms with Crippen molar-refractivity contribution >= 4 is 22.2 Å². The van der Waals surface area contributed by atoms with Crippen LogP contribution in [-0.2, 0) is 23.1 Å². The Balaban J connectivity index is 1.67. The molecule has 4 heteroatoms. The van der Waals surface area contributed by atoms with Gasteiger partial charge in [-0.3, -0.25) is 4.79 Å². The van der Waals surface area contributed by atoms with Gasteiger partial charge < -0.3 is 5.32 Å². The van der Waals surface area contributed by atoms with Gasteiger partial charge in [-0.15, -0.1) is 11.3 Å². The molecule has 1 atom stereocenters. The minimum absolute atomic E-state index is 0.0596. The Kier molecular flexibility index (Phi) is 4.58. The summed E-state index contributed by atoms with van der Waals surface area (Å²) in [5, 5.41) is 13.6. The van der Waals surface area contributed by atoms with Crippen LogP contribution >= 0.6 is 11.3 Å². The lowest BCUT2D eigenvalue weighted by Crippen LogP contribution is -2.37. The van der Waals surface area contributed by atoms with Gasteiger partial charge in [0.2, 0.25) is 5.91 Å². The van der Waals surface area contributed by atoms with Gasteiger partial charge >= 0.3 is 0 Å². The Bertz CT molecular complexity index is 856. The van der Waals surface area contributed by atoms with E-state index in [1.54, 1.807) is 11.3 Å². The summed E-state index contributed by atoms with van der Waals surface area (Å²) in [5.74, 6) is 0.714. The molecule has 0 saturated heterocycles. The second-order valence-corrected chi connectivity index (χ2v) is 8.88. The van der Waals surface area contributed by atoms with Gasteiger partial charge in [-0.25, -0.2) is 0 Å². The molecule has 4 rings (SSSR count). The van der Waals surface area contributed by atoms with Gasteiger partial charge in [-0.1, -0.05) is 50.1 Å². The summed E-state index contributed by atoms with van der Waals surface area (Å²) >= 11 is 1.62. The molecule has 3 nitrogen and oxygen atoms in total. The summed E-state index contributed by atoms with van der Waals surface area (Å²) in [6.07, 6.45) is 7.02. The van der Waals surface area contributed by atoms with Crippen molar-refractivity contribution in [2.24, 2.45) is 5.92 Å². The standard InChI is InChI=1S/C22H24N2OS/c1-15-9-10-17-18(14-23)20(26-19(17)13-15)24-21(25)22(11-5-6-12-22)16-7-3-2-4-8-16/h2-4,7-8,15H,5-6,9-13H2,1H3,(H,24,25)/t15-/m0/s1. The number of hydrogen-bond donors (Lipinski definition) is 1. The Morgan fingerprint density at radius 3 is 2.69 bits per heavy atom. The van der Waals surface area contributed by atoms with Crippen LogP contribution in [0.2, 0.25) is 0 Å². The molecule has 1 heterocycles. The SMILES string of the molecule is C[C@H]1CCc2c(sc(NC(=O)C3(c4ccccc4)CCCC3)c2C#N)C1. The molecule has 0 bridgehead atoms. The average Bonchev–Trinajstić information content (AvgIpc) is 3.27. The third kappa shape index (κ3) is 2.85. The van der Waals surface area contributed by atoms with Crippen LogP contribution in [0.5, 0.6) is 0 Å². The first-order valence-electron chi connectivity index (χ1n) is 9.55. The molecule has 26 heavy (non-hydrogen) atoms. The van der Waals surface area contributed by atoms with Crippen LogP contribution in [0.25, 0.3) is 0 Å². The summed E-state index contributed by atoms with van der Waals surface area (Å²) in [5.41, 5.74) is 2.52. The van der Waals surface area contributed by atoms with E-state index >= 15 is 0 Å². The lowest BCUT2D eigenvalue weighted by atomic mass is 9.78. The number of hydrogen-bond acceptors (Lipinski definition) is 3. The number of rotatable bonds is 3. The highest BCUT2D eigenvalue weighted by molar-refractivity contribution is 7.16. The van der Waals surface area contributed by atoms with Crippen molar-refractivity contribution in [3.8, 4) is 6.07 Å². The third-order valence-electron chi connectivity index (χ3n) is 6.07. The number of amides is 1. The van der Waals surface area contributed by atoms with Crippen LogP contribution in [0.4, 0.5) is 5.00 Å². The first kappa shape index (κ1) is 17.3. The van der Waals surface area contributed by atoms with E-state index in [1.807, 2.05) is 18.2 Å². The number of fused-ring (bicyclic) bond motifs is 1. The lowest BCUT2D eigenvalue weighted by molar-refractivity contribution is -0.121. The van der Waals surface area contributed by atoms with Crippen molar-refractivity contribution in [2.75, 3.05) is 5.32 Å². The van der Waals surface area contributed by atoms with Gasteiger partial charge in [0.25, 0.3) is 0 Å². The minimum Gasteiger partial charge on any atom is -0.316 e. The van der Waals surface area contributed by atoms with Crippen molar-refractivity contribution in [2.45, 2.75) is 57.3 Å². The first-order valence-corrected chi connectivity index (χ1v) is 10.4. The summed E-state index contributed by atoms with van der Waals surface area (Å²) in [7, 11) is 0. The normalized spacial score (nSPS) is 21.0. The van der Waals surface area contributed by atoms with Gasteiger partial charge in [0.05, 0.1) is 11.0 Å². The molecule has 0 radical (unpaired) electrons. The molecule has 1 aromatic heterocycles. The second-order valence-electron chi connectivity index (χ2n) is 7.78. The second kappa shape index (κ2) is 6.89. The number of anilines is 1. The van der Waals surface area contributed by atoms with Crippen LogP contribution in [0.1, 0.15) is 60.6 Å². The van der Waals surface area contributed by atoms with Crippen molar-refractivity contribution in [3.05, 3.63) is 51.9 Å². The zero-order valence-electron chi connectivity index (χ0n) is 15.2. The van der Waals surface area contributed by atoms with E-state index in [1.165, 1.54) is 10.4 Å². The number of nitriles is 1. The van der Waals surface area contributed by atoms with Crippen molar-refractivity contribution in [1.82, 2.24) is 0 Å². The molecular formula is C22H24N2OS. The molecule has 1 aromatic carbocycles. The van der Waals surface area contributed by atoms with Gasteiger partial charge in [0.1, 0.15) is 11.1 Å². The van der Waals surface area contributed by atoms with Crippen LogP contribution in [0.15, 0.2) is 30.3 Å². The maximum atomic E-state index is 13.4. The Labute approximate surface area is 159 Å². The van der Waals surface area contributed by atoms with Crippen molar-refractivity contribution in [3.63, 3.8) is 0 Å². The number of nitrogens with one attached hydrogen (secondary N) is 1. The van der Waals surface area contributed by atoms with Crippen LogP contribution in [0.3, 0.4) is 0 Å². The topological polar surface area (TPSA) is 52.9 Å². The molecule has 1 fully saturated rings. The molecule has 1 N–H and O–H groups in total. The third-order valence-corrected chi connectivity index (χ3v) is 7.24.